The van der Waals surface area contributed by atoms with Gasteiger partial charge in [-0.25, -0.2) is 0 Å². The van der Waals surface area contributed by atoms with E-state index < -0.39 is 5.60 Å². The lowest BCUT2D eigenvalue weighted by Gasteiger charge is -2.20. The molecule has 0 saturated carbocycles. The monoisotopic (exact) mass is 254 g/mol. The van der Waals surface area contributed by atoms with Gasteiger partial charge in [0.2, 0.25) is 0 Å². The molecule has 1 aromatic heterocycles. The molecule has 18 heavy (non-hydrogen) atoms. The minimum atomic E-state index is -0.418. The SMILES string of the molecule is Cc1cc(CN(C)CCC(=O)OC(C)(C)C)no1. The van der Waals surface area contributed by atoms with Crippen LogP contribution in [0.3, 0.4) is 0 Å². The maximum atomic E-state index is 11.5. The van der Waals surface area contributed by atoms with Crippen LogP contribution in [0.2, 0.25) is 0 Å². The van der Waals surface area contributed by atoms with Gasteiger partial charge in [-0.05, 0) is 34.7 Å². The number of aryl methyl sites for hydroxylation is 1. The minimum Gasteiger partial charge on any atom is -0.460 e. The molecule has 1 aromatic rings. The number of ether oxygens (including phenoxy) is 1. The summed E-state index contributed by atoms with van der Waals surface area (Å²) in [5.74, 6) is 0.622. The van der Waals surface area contributed by atoms with E-state index in [9.17, 15) is 4.79 Å². The van der Waals surface area contributed by atoms with Gasteiger partial charge in [0, 0.05) is 19.2 Å². The summed E-state index contributed by atoms with van der Waals surface area (Å²) >= 11 is 0. The molecular formula is C13H22N2O3. The Kier molecular flexibility index (Phi) is 4.90. The number of carbonyl (C=O) groups is 1. The second-order valence-electron chi connectivity index (χ2n) is 5.50. The maximum Gasteiger partial charge on any atom is 0.307 e. The van der Waals surface area contributed by atoms with E-state index in [1.165, 1.54) is 0 Å². The van der Waals surface area contributed by atoms with E-state index in [1.54, 1.807) is 0 Å². The molecule has 102 valence electrons. The van der Waals surface area contributed by atoms with Crippen molar-refractivity contribution in [2.45, 2.75) is 46.3 Å². The molecule has 1 rings (SSSR count). The Morgan fingerprint density at radius 2 is 2.17 bits per heavy atom. The first-order valence-electron chi connectivity index (χ1n) is 6.09. The van der Waals surface area contributed by atoms with Crippen molar-refractivity contribution in [2.75, 3.05) is 13.6 Å². The molecular weight excluding hydrogens is 232 g/mol. The molecule has 0 saturated heterocycles. The van der Waals surface area contributed by atoms with Crippen LogP contribution in [0.4, 0.5) is 0 Å². The fraction of sp³-hybridized carbons (Fsp3) is 0.692. The summed E-state index contributed by atoms with van der Waals surface area (Å²) in [6, 6.07) is 1.89. The van der Waals surface area contributed by atoms with Gasteiger partial charge in [0.25, 0.3) is 0 Å². The highest BCUT2D eigenvalue weighted by Gasteiger charge is 2.16. The second kappa shape index (κ2) is 6.00. The summed E-state index contributed by atoms with van der Waals surface area (Å²) in [6.07, 6.45) is 0.380. The minimum absolute atomic E-state index is 0.175. The molecule has 0 aliphatic heterocycles. The topological polar surface area (TPSA) is 55.6 Å². The molecule has 0 amide bonds. The van der Waals surface area contributed by atoms with E-state index >= 15 is 0 Å². The lowest BCUT2D eigenvalue weighted by Crippen LogP contribution is -2.27. The number of rotatable bonds is 5. The highest BCUT2D eigenvalue weighted by atomic mass is 16.6. The van der Waals surface area contributed by atoms with Crippen LogP contribution in [0.1, 0.15) is 38.6 Å². The van der Waals surface area contributed by atoms with Crippen LogP contribution in [-0.2, 0) is 16.1 Å². The van der Waals surface area contributed by atoms with Crippen molar-refractivity contribution in [1.29, 1.82) is 0 Å². The van der Waals surface area contributed by atoms with Crippen molar-refractivity contribution in [3.8, 4) is 0 Å². The van der Waals surface area contributed by atoms with Gasteiger partial charge in [-0.2, -0.15) is 0 Å². The average Bonchev–Trinajstić information content (AvgIpc) is 2.58. The number of aromatic nitrogens is 1. The summed E-state index contributed by atoms with van der Waals surface area (Å²) in [5, 5.41) is 3.91. The summed E-state index contributed by atoms with van der Waals surface area (Å²) in [6.45, 7) is 8.77. The quantitative estimate of drug-likeness (QED) is 0.753. The Labute approximate surface area is 108 Å². The Morgan fingerprint density at radius 3 is 2.67 bits per heavy atom. The van der Waals surface area contributed by atoms with E-state index in [2.05, 4.69) is 5.16 Å². The third kappa shape index (κ3) is 5.82. The van der Waals surface area contributed by atoms with Gasteiger partial charge in [-0.3, -0.25) is 9.69 Å². The number of nitrogens with zero attached hydrogens (tertiary/aromatic N) is 2. The fourth-order valence-electron chi connectivity index (χ4n) is 1.52. The molecule has 0 unspecified atom stereocenters. The Hall–Kier alpha value is -1.36. The van der Waals surface area contributed by atoms with Gasteiger partial charge in [0.05, 0.1) is 12.1 Å². The molecule has 0 bridgehead atoms. The van der Waals surface area contributed by atoms with E-state index in [1.807, 2.05) is 45.7 Å². The zero-order valence-corrected chi connectivity index (χ0v) is 11.8. The molecule has 0 fully saturated rings. The van der Waals surface area contributed by atoms with Gasteiger partial charge in [-0.15, -0.1) is 0 Å². The van der Waals surface area contributed by atoms with Gasteiger partial charge in [0.15, 0.2) is 0 Å². The molecule has 0 aromatic carbocycles. The first kappa shape index (κ1) is 14.7. The fourth-order valence-corrected chi connectivity index (χ4v) is 1.52. The Bertz CT molecular complexity index is 393. The number of esters is 1. The highest BCUT2D eigenvalue weighted by molar-refractivity contribution is 5.70. The van der Waals surface area contributed by atoms with Crippen molar-refractivity contribution in [3.63, 3.8) is 0 Å². The normalized spacial score (nSPS) is 11.9. The van der Waals surface area contributed by atoms with Crippen LogP contribution in [0.25, 0.3) is 0 Å². The molecule has 0 aliphatic carbocycles. The maximum absolute atomic E-state index is 11.5. The molecule has 0 N–H and O–H groups in total. The molecule has 0 aliphatic rings. The van der Waals surface area contributed by atoms with Crippen molar-refractivity contribution in [2.24, 2.45) is 0 Å². The highest BCUT2D eigenvalue weighted by Crippen LogP contribution is 2.09. The van der Waals surface area contributed by atoms with Crippen molar-refractivity contribution in [1.82, 2.24) is 10.1 Å². The van der Waals surface area contributed by atoms with Gasteiger partial charge < -0.3 is 9.26 Å². The lowest BCUT2D eigenvalue weighted by atomic mass is 10.2. The van der Waals surface area contributed by atoms with Crippen LogP contribution in [0, 0.1) is 6.92 Å². The molecule has 1 heterocycles. The summed E-state index contributed by atoms with van der Waals surface area (Å²) < 4.78 is 10.2. The van der Waals surface area contributed by atoms with Crippen LogP contribution in [0.5, 0.6) is 0 Å². The first-order valence-corrected chi connectivity index (χ1v) is 6.09. The number of hydrogen-bond donors (Lipinski definition) is 0. The molecule has 0 atom stereocenters. The van der Waals surface area contributed by atoms with Crippen LogP contribution < -0.4 is 0 Å². The molecule has 0 radical (unpaired) electrons. The Balaban J connectivity index is 2.29. The summed E-state index contributed by atoms with van der Waals surface area (Å²) in [4.78, 5) is 13.6. The lowest BCUT2D eigenvalue weighted by molar-refractivity contribution is -0.155. The van der Waals surface area contributed by atoms with Gasteiger partial charge in [0.1, 0.15) is 11.4 Å². The van der Waals surface area contributed by atoms with E-state index in [0.717, 1.165) is 11.5 Å². The zero-order chi connectivity index (χ0) is 13.8. The standard InChI is InChI=1S/C13H22N2O3/c1-10-8-11(14-18-10)9-15(5)7-6-12(16)17-13(2,3)4/h8H,6-7,9H2,1-5H3. The van der Waals surface area contributed by atoms with Crippen molar-refractivity contribution >= 4 is 5.97 Å². The van der Waals surface area contributed by atoms with Crippen molar-refractivity contribution < 1.29 is 14.1 Å². The molecule has 5 heteroatoms. The summed E-state index contributed by atoms with van der Waals surface area (Å²) in [7, 11) is 1.94. The predicted molar refractivity (Wildman–Crippen MR) is 68.0 cm³/mol. The van der Waals surface area contributed by atoms with Gasteiger partial charge >= 0.3 is 5.97 Å². The smallest absolute Gasteiger partial charge is 0.307 e. The van der Waals surface area contributed by atoms with Crippen LogP contribution >= 0.6 is 0 Å². The number of hydrogen-bond acceptors (Lipinski definition) is 5. The average molecular weight is 254 g/mol. The van der Waals surface area contributed by atoms with Crippen LogP contribution in [-0.4, -0.2) is 35.2 Å². The summed E-state index contributed by atoms with van der Waals surface area (Å²) in [5.41, 5.74) is 0.456. The van der Waals surface area contributed by atoms with E-state index in [-0.39, 0.29) is 5.97 Å². The molecule has 5 nitrogen and oxygen atoms in total. The van der Waals surface area contributed by atoms with E-state index in [4.69, 9.17) is 9.26 Å². The third-order valence-electron chi connectivity index (χ3n) is 2.23. The van der Waals surface area contributed by atoms with Crippen LogP contribution in [0.15, 0.2) is 10.6 Å². The second-order valence-corrected chi connectivity index (χ2v) is 5.50. The van der Waals surface area contributed by atoms with Gasteiger partial charge in [-0.1, -0.05) is 5.16 Å². The Morgan fingerprint density at radius 1 is 1.50 bits per heavy atom. The largest absolute Gasteiger partial charge is 0.460 e. The first-order chi connectivity index (χ1) is 8.26. The number of carbonyl (C=O) groups excluding carboxylic acids is 1. The van der Waals surface area contributed by atoms with Crippen molar-refractivity contribution in [3.05, 3.63) is 17.5 Å². The zero-order valence-electron chi connectivity index (χ0n) is 11.8. The van der Waals surface area contributed by atoms with E-state index in [0.29, 0.717) is 19.5 Å². The third-order valence-corrected chi connectivity index (χ3v) is 2.23. The molecule has 0 spiro atoms. The predicted octanol–water partition coefficient (Wildman–Crippen LogP) is 2.15.